The van der Waals surface area contributed by atoms with Crippen LogP contribution >= 0.6 is 12.6 Å². The summed E-state index contributed by atoms with van der Waals surface area (Å²) in [6, 6.07) is 8.70. The van der Waals surface area contributed by atoms with Crippen molar-refractivity contribution >= 4 is 12.6 Å². The summed E-state index contributed by atoms with van der Waals surface area (Å²) in [7, 11) is 0. The van der Waals surface area contributed by atoms with Gasteiger partial charge in [0.15, 0.2) is 0 Å². The molecule has 0 fully saturated rings. The first-order valence-electron chi connectivity index (χ1n) is 5.20. The maximum Gasteiger partial charge on any atom is -0.000834 e. The van der Waals surface area contributed by atoms with Gasteiger partial charge in [0.1, 0.15) is 0 Å². The van der Waals surface area contributed by atoms with E-state index in [1.54, 1.807) is 0 Å². The lowest BCUT2D eigenvalue weighted by molar-refractivity contribution is 0.675. The van der Waals surface area contributed by atoms with Crippen LogP contribution in [0.1, 0.15) is 17.5 Å². The Bertz CT molecular complexity index is 260. The van der Waals surface area contributed by atoms with Crippen LogP contribution in [0.2, 0.25) is 0 Å². The highest BCUT2D eigenvalue weighted by Crippen LogP contribution is 2.03. The molecule has 0 unspecified atom stereocenters. The quantitative estimate of drug-likeness (QED) is 0.542. The van der Waals surface area contributed by atoms with Crippen molar-refractivity contribution in [2.45, 2.75) is 19.8 Å². The molecule has 0 saturated carbocycles. The lowest BCUT2D eigenvalue weighted by atomic mass is 10.1. The third kappa shape index (κ3) is 4.68. The van der Waals surface area contributed by atoms with Crippen molar-refractivity contribution in [2.24, 2.45) is 0 Å². The second kappa shape index (κ2) is 6.91. The molecule has 0 saturated heterocycles. The number of nitrogens with one attached hydrogen (secondary N) is 1. The zero-order valence-corrected chi connectivity index (χ0v) is 9.69. The molecule has 1 aromatic carbocycles. The molecular weight excluding hydrogens is 190 g/mol. The van der Waals surface area contributed by atoms with E-state index < -0.39 is 0 Å². The largest absolute Gasteiger partial charge is 0.316 e. The Morgan fingerprint density at radius 3 is 2.86 bits per heavy atom. The van der Waals surface area contributed by atoms with E-state index in [0.717, 1.165) is 31.7 Å². The van der Waals surface area contributed by atoms with Gasteiger partial charge in [-0.3, -0.25) is 0 Å². The summed E-state index contributed by atoms with van der Waals surface area (Å²) in [4.78, 5) is 0. The van der Waals surface area contributed by atoms with Gasteiger partial charge in [-0.25, -0.2) is 0 Å². The molecule has 0 aliphatic heterocycles. The Labute approximate surface area is 92.3 Å². The smallest absolute Gasteiger partial charge is 0.000834 e. The van der Waals surface area contributed by atoms with Crippen LogP contribution in [0.5, 0.6) is 0 Å². The molecule has 0 atom stereocenters. The molecule has 14 heavy (non-hydrogen) atoms. The maximum absolute atomic E-state index is 4.17. The highest BCUT2D eigenvalue weighted by molar-refractivity contribution is 7.80. The summed E-state index contributed by atoms with van der Waals surface area (Å²) in [5.74, 6) is 0.970. The fourth-order valence-electron chi connectivity index (χ4n) is 1.43. The van der Waals surface area contributed by atoms with E-state index in [2.05, 4.69) is 49.1 Å². The fraction of sp³-hybridized carbons (Fsp3) is 0.500. The van der Waals surface area contributed by atoms with Crippen molar-refractivity contribution in [3.05, 3.63) is 35.4 Å². The molecule has 0 radical (unpaired) electrons. The molecule has 0 aliphatic rings. The molecule has 1 aromatic rings. The molecule has 0 amide bonds. The first-order chi connectivity index (χ1) is 6.83. The van der Waals surface area contributed by atoms with Crippen molar-refractivity contribution in [1.82, 2.24) is 5.32 Å². The van der Waals surface area contributed by atoms with Gasteiger partial charge in [0.05, 0.1) is 0 Å². The van der Waals surface area contributed by atoms with Gasteiger partial charge in [0.2, 0.25) is 0 Å². The van der Waals surface area contributed by atoms with Crippen molar-refractivity contribution < 1.29 is 0 Å². The average molecular weight is 209 g/mol. The maximum atomic E-state index is 4.17. The van der Waals surface area contributed by atoms with E-state index in [1.165, 1.54) is 11.1 Å². The Balaban J connectivity index is 2.18. The van der Waals surface area contributed by atoms with Crippen LogP contribution in [0, 0.1) is 6.92 Å². The summed E-state index contributed by atoms with van der Waals surface area (Å²) >= 11 is 4.17. The number of benzene rings is 1. The van der Waals surface area contributed by atoms with Gasteiger partial charge in [0, 0.05) is 0 Å². The van der Waals surface area contributed by atoms with Crippen LogP contribution < -0.4 is 5.32 Å². The second-order valence-electron chi connectivity index (χ2n) is 3.57. The normalized spacial score (nSPS) is 10.4. The number of thiol groups is 1. The summed E-state index contributed by atoms with van der Waals surface area (Å²) in [6.07, 6.45) is 2.27. The number of hydrogen-bond acceptors (Lipinski definition) is 2. The molecule has 1 N–H and O–H groups in total. The molecule has 0 spiro atoms. The lowest BCUT2D eigenvalue weighted by Crippen LogP contribution is -2.18. The summed E-state index contributed by atoms with van der Waals surface area (Å²) in [6.45, 7) is 4.28. The zero-order chi connectivity index (χ0) is 10.2. The van der Waals surface area contributed by atoms with Crippen molar-refractivity contribution in [1.29, 1.82) is 0 Å². The Kier molecular flexibility index (Phi) is 5.72. The zero-order valence-electron chi connectivity index (χ0n) is 8.79. The van der Waals surface area contributed by atoms with E-state index in [9.17, 15) is 0 Å². The van der Waals surface area contributed by atoms with Crippen LogP contribution in [-0.4, -0.2) is 18.8 Å². The van der Waals surface area contributed by atoms with Crippen LogP contribution in [-0.2, 0) is 6.42 Å². The molecule has 2 heteroatoms. The number of aryl methyl sites for hydroxylation is 1. The first-order valence-corrected chi connectivity index (χ1v) is 5.83. The van der Waals surface area contributed by atoms with E-state index in [4.69, 9.17) is 0 Å². The van der Waals surface area contributed by atoms with Gasteiger partial charge < -0.3 is 5.32 Å². The predicted octanol–water partition coefficient (Wildman–Crippen LogP) is 2.45. The molecule has 1 nitrogen and oxygen atoms in total. The molecular formula is C12H19NS. The molecule has 0 aromatic heterocycles. The van der Waals surface area contributed by atoms with Gasteiger partial charge >= 0.3 is 0 Å². The van der Waals surface area contributed by atoms with E-state index >= 15 is 0 Å². The molecule has 0 heterocycles. The Morgan fingerprint density at radius 1 is 1.29 bits per heavy atom. The summed E-state index contributed by atoms with van der Waals surface area (Å²) < 4.78 is 0. The highest BCUT2D eigenvalue weighted by atomic mass is 32.1. The van der Waals surface area contributed by atoms with Gasteiger partial charge in [-0.1, -0.05) is 29.8 Å². The monoisotopic (exact) mass is 209 g/mol. The molecule has 0 bridgehead atoms. The third-order valence-electron chi connectivity index (χ3n) is 2.18. The van der Waals surface area contributed by atoms with E-state index in [1.807, 2.05) is 0 Å². The molecule has 1 rings (SSSR count). The number of rotatable bonds is 6. The van der Waals surface area contributed by atoms with E-state index in [0.29, 0.717) is 0 Å². The second-order valence-corrected chi connectivity index (χ2v) is 4.01. The lowest BCUT2D eigenvalue weighted by Gasteiger charge is -2.04. The average Bonchev–Trinajstić information content (AvgIpc) is 2.18. The van der Waals surface area contributed by atoms with Crippen molar-refractivity contribution in [2.75, 3.05) is 18.8 Å². The minimum atomic E-state index is 0.970. The SMILES string of the molecule is Cc1cccc(CCNCCCS)c1. The topological polar surface area (TPSA) is 12.0 Å². The van der Waals surface area contributed by atoms with Gasteiger partial charge in [-0.2, -0.15) is 12.6 Å². The molecule has 0 aliphatic carbocycles. The predicted molar refractivity (Wildman–Crippen MR) is 66.2 cm³/mol. The minimum absolute atomic E-state index is 0.970. The Hall–Kier alpha value is -0.470. The minimum Gasteiger partial charge on any atom is -0.316 e. The highest BCUT2D eigenvalue weighted by Gasteiger charge is 1.92. The first kappa shape index (κ1) is 11.6. The fourth-order valence-corrected chi connectivity index (χ4v) is 1.59. The van der Waals surface area contributed by atoms with Crippen molar-refractivity contribution in [3.63, 3.8) is 0 Å². The van der Waals surface area contributed by atoms with Crippen LogP contribution in [0.25, 0.3) is 0 Å². The summed E-state index contributed by atoms with van der Waals surface area (Å²) in [5.41, 5.74) is 2.77. The Morgan fingerprint density at radius 2 is 2.14 bits per heavy atom. The van der Waals surface area contributed by atoms with Gasteiger partial charge in [0.25, 0.3) is 0 Å². The standard InChI is InChI=1S/C12H19NS/c1-11-4-2-5-12(10-11)6-8-13-7-3-9-14/h2,4-5,10,13-14H,3,6-9H2,1H3. The van der Waals surface area contributed by atoms with Crippen LogP contribution in [0.3, 0.4) is 0 Å². The number of hydrogen-bond donors (Lipinski definition) is 2. The van der Waals surface area contributed by atoms with E-state index in [-0.39, 0.29) is 0 Å². The van der Waals surface area contributed by atoms with Crippen molar-refractivity contribution in [3.8, 4) is 0 Å². The van der Waals surface area contributed by atoms with Gasteiger partial charge in [-0.15, -0.1) is 0 Å². The summed E-state index contributed by atoms with van der Waals surface area (Å²) in [5, 5.41) is 3.41. The molecule has 78 valence electrons. The van der Waals surface area contributed by atoms with Crippen LogP contribution in [0.15, 0.2) is 24.3 Å². The van der Waals surface area contributed by atoms with Gasteiger partial charge in [-0.05, 0) is 44.2 Å². The van der Waals surface area contributed by atoms with Crippen LogP contribution in [0.4, 0.5) is 0 Å². The third-order valence-corrected chi connectivity index (χ3v) is 2.50.